The molecule has 0 aliphatic carbocycles. The zero-order chi connectivity index (χ0) is 18.9. The predicted octanol–water partition coefficient (Wildman–Crippen LogP) is -1.61. The number of rotatable bonds is 10. The molecule has 0 spiro atoms. The Morgan fingerprint density at radius 3 is 2.04 bits per heavy atom. The van der Waals surface area contributed by atoms with Crippen LogP contribution in [0.15, 0.2) is 12.1 Å². The average Bonchev–Trinajstić information content (AvgIpc) is 2.67. The molecule has 1 saturated heterocycles. The second-order valence-corrected chi connectivity index (χ2v) is 6.76. The molecule has 0 bridgehead atoms. The Morgan fingerprint density at radius 1 is 0.962 bits per heavy atom. The summed E-state index contributed by atoms with van der Waals surface area (Å²) in [6.07, 6.45) is -0.449. The molecule has 0 saturated carbocycles. The zero-order valence-corrected chi connectivity index (χ0v) is 16.5. The highest BCUT2D eigenvalue weighted by Gasteiger charge is 2.23. The number of hydrogen-bond acceptors (Lipinski definition) is 5. The lowest BCUT2D eigenvalue weighted by Crippen LogP contribution is -3.28. The van der Waals surface area contributed by atoms with E-state index in [1.165, 1.54) is 24.5 Å². The molecule has 1 aliphatic rings. The van der Waals surface area contributed by atoms with E-state index < -0.39 is 6.10 Å². The van der Waals surface area contributed by atoms with Gasteiger partial charge in [0.05, 0.1) is 41.1 Å². The summed E-state index contributed by atoms with van der Waals surface area (Å²) in [6, 6.07) is 3.73. The minimum Gasteiger partial charge on any atom is -0.493 e. The molecule has 3 N–H and O–H groups in total. The fraction of sp³-hybridized carbons (Fsp3) is 0.684. The first-order valence-corrected chi connectivity index (χ1v) is 9.33. The van der Waals surface area contributed by atoms with Gasteiger partial charge in [0, 0.05) is 0 Å². The maximum absolute atomic E-state index is 10.3. The van der Waals surface area contributed by atoms with Gasteiger partial charge in [-0.25, -0.2) is 0 Å². The van der Waals surface area contributed by atoms with E-state index in [0.717, 1.165) is 25.2 Å². The van der Waals surface area contributed by atoms with Gasteiger partial charge in [0.2, 0.25) is 5.75 Å². The SMILES string of the molecule is CC[NH+]1CC[NH+](C[C@H](O)COCc2cc(OC)c(OC)c(OC)c2)CC1. The number of piperazine rings is 1. The molecule has 1 fully saturated rings. The molecule has 0 aromatic heterocycles. The standard InChI is InChI=1S/C19H32N2O5/c1-5-20-6-8-21(9-7-20)12-16(22)14-26-13-15-10-17(23-2)19(25-4)18(11-15)24-3/h10-11,16,22H,5-9,12-14H2,1-4H3/p+2/t16-/m0/s1. The van der Waals surface area contributed by atoms with E-state index in [-0.39, 0.29) is 0 Å². The molecule has 1 aliphatic heterocycles. The van der Waals surface area contributed by atoms with Crippen LogP contribution >= 0.6 is 0 Å². The third-order valence-corrected chi connectivity index (χ3v) is 4.99. The second-order valence-electron chi connectivity index (χ2n) is 6.76. The molecule has 0 radical (unpaired) electrons. The van der Waals surface area contributed by atoms with Crippen LogP contribution < -0.4 is 24.0 Å². The Bertz CT molecular complexity index is 522. The van der Waals surface area contributed by atoms with Crippen molar-refractivity contribution in [2.75, 3.05) is 67.2 Å². The normalized spacial score (nSPS) is 21.3. The third-order valence-electron chi connectivity index (χ3n) is 4.99. The van der Waals surface area contributed by atoms with Crippen LogP contribution in [0.2, 0.25) is 0 Å². The van der Waals surface area contributed by atoms with Crippen LogP contribution in [0.25, 0.3) is 0 Å². The van der Waals surface area contributed by atoms with Crippen LogP contribution in [-0.4, -0.2) is 78.4 Å². The lowest BCUT2D eigenvalue weighted by molar-refractivity contribution is -1.01. The monoisotopic (exact) mass is 370 g/mol. The minimum absolute atomic E-state index is 0.324. The van der Waals surface area contributed by atoms with Gasteiger partial charge in [-0.2, -0.15) is 0 Å². The topological polar surface area (TPSA) is 66.0 Å². The Balaban J connectivity index is 1.80. The number of methoxy groups -OCH3 is 3. The van der Waals surface area contributed by atoms with Gasteiger partial charge in [0.1, 0.15) is 38.8 Å². The van der Waals surface area contributed by atoms with Crippen molar-refractivity contribution in [1.29, 1.82) is 0 Å². The fourth-order valence-electron chi connectivity index (χ4n) is 3.44. The average molecular weight is 370 g/mol. The Morgan fingerprint density at radius 2 is 1.54 bits per heavy atom. The Labute approximate surface area is 156 Å². The minimum atomic E-state index is -0.449. The summed E-state index contributed by atoms with van der Waals surface area (Å²) in [5.74, 6) is 1.77. The first-order chi connectivity index (χ1) is 12.6. The number of ether oxygens (including phenoxy) is 4. The molecule has 7 nitrogen and oxygen atoms in total. The van der Waals surface area contributed by atoms with Gasteiger partial charge in [0.25, 0.3) is 0 Å². The molecule has 1 aromatic rings. The molecule has 1 heterocycles. The number of likely N-dealkylation sites (N-methyl/N-ethyl adjacent to an activating group) is 1. The summed E-state index contributed by atoms with van der Waals surface area (Å²) in [5, 5.41) is 10.3. The van der Waals surface area contributed by atoms with Crippen LogP contribution in [0.4, 0.5) is 0 Å². The van der Waals surface area contributed by atoms with Crippen LogP contribution in [0.1, 0.15) is 12.5 Å². The van der Waals surface area contributed by atoms with Crippen molar-refractivity contribution in [3.63, 3.8) is 0 Å². The van der Waals surface area contributed by atoms with E-state index >= 15 is 0 Å². The first kappa shape index (κ1) is 20.8. The van der Waals surface area contributed by atoms with Crippen molar-refractivity contribution in [2.45, 2.75) is 19.6 Å². The highest BCUT2D eigenvalue weighted by Crippen LogP contribution is 2.38. The summed E-state index contributed by atoms with van der Waals surface area (Å²) in [6.45, 7) is 9.48. The van der Waals surface area contributed by atoms with Crippen molar-refractivity contribution < 1.29 is 33.9 Å². The van der Waals surface area contributed by atoms with Crippen molar-refractivity contribution in [2.24, 2.45) is 0 Å². The van der Waals surface area contributed by atoms with E-state index in [9.17, 15) is 5.11 Å². The molecular formula is C19H34N2O5+2. The molecule has 1 atom stereocenters. The van der Waals surface area contributed by atoms with Gasteiger partial charge in [-0.15, -0.1) is 0 Å². The molecule has 0 unspecified atom stereocenters. The third kappa shape index (κ3) is 5.74. The van der Waals surface area contributed by atoms with E-state index in [1.807, 2.05) is 12.1 Å². The fourth-order valence-corrected chi connectivity index (χ4v) is 3.44. The van der Waals surface area contributed by atoms with Crippen LogP contribution in [0.5, 0.6) is 17.2 Å². The number of benzene rings is 1. The largest absolute Gasteiger partial charge is 0.493 e. The van der Waals surface area contributed by atoms with Crippen LogP contribution in [0, 0.1) is 0 Å². The molecular weight excluding hydrogens is 336 g/mol. The first-order valence-electron chi connectivity index (χ1n) is 9.33. The second kappa shape index (κ2) is 10.6. The molecule has 26 heavy (non-hydrogen) atoms. The number of aliphatic hydroxyl groups excluding tert-OH is 1. The van der Waals surface area contributed by atoms with Gasteiger partial charge in [-0.3, -0.25) is 0 Å². The molecule has 148 valence electrons. The highest BCUT2D eigenvalue weighted by atomic mass is 16.5. The molecule has 1 aromatic carbocycles. The molecule has 7 heteroatoms. The lowest BCUT2D eigenvalue weighted by Gasteiger charge is -2.30. The number of nitrogens with one attached hydrogen (secondary N) is 2. The van der Waals surface area contributed by atoms with E-state index in [4.69, 9.17) is 18.9 Å². The predicted molar refractivity (Wildman–Crippen MR) is 98.6 cm³/mol. The quantitative estimate of drug-likeness (QED) is 0.463. The summed E-state index contributed by atoms with van der Waals surface area (Å²) in [4.78, 5) is 3.12. The van der Waals surface area contributed by atoms with Gasteiger partial charge >= 0.3 is 0 Å². The van der Waals surface area contributed by atoms with Crippen LogP contribution in [0.3, 0.4) is 0 Å². The maximum atomic E-state index is 10.3. The zero-order valence-electron chi connectivity index (χ0n) is 16.5. The van der Waals surface area contributed by atoms with Gasteiger partial charge in [-0.1, -0.05) is 0 Å². The Hall–Kier alpha value is -1.54. The van der Waals surface area contributed by atoms with E-state index in [0.29, 0.717) is 30.5 Å². The number of hydrogen-bond donors (Lipinski definition) is 3. The molecule has 0 amide bonds. The van der Waals surface area contributed by atoms with Crippen molar-refractivity contribution >= 4 is 0 Å². The smallest absolute Gasteiger partial charge is 0.203 e. The van der Waals surface area contributed by atoms with Gasteiger partial charge in [-0.05, 0) is 24.6 Å². The summed E-state index contributed by atoms with van der Waals surface area (Å²) < 4.78 is 21.7. The molecule has 2 rings (SSSR count). The van der Waals surface area contributed by atoms with Crippen molar-refractivity contribution in [1.82, 2.24) is 0 Å². The van der Waals surface area contributed by atoms with E-state index in [2.05, 4.69) is 6.92 Å². The summed E-state index contributed by atoms with van der Waals surface area (Å²) >= 11 is 0. The number of aliphatic hydroxyl groups is 1. The van der Waals surface area contributed by atoms with E-state index in [1.54, 1.807) is 26.2 Å². The highest BCUT2D eigenvalue weighted by molar-refractivity contribution is 5.53. The van der Waals surface area contributed by atoms with Crippen molar-refractivity contribution in [3.8, 4) is 17.2 Å². The number of quaternary nitrogens is 2. The summed E-state index contributed by atoms with van der Waals surface area (Å²) in [7, 11) is 4.76. The van der Waals surface area contributed by atoms with Gasteiger partial charge < -0.3 is 33.9 Å². The maximum Gasteiger partial charge on any atom is 0.203 e. The lowest BCUT2D eigenvalue weighted by atomic mass is 10.2. The Kier molecular flexibility index (Phi) is 8.44. The van der Waals surface area contributed by atoms with Crippen LogP contribution in [-0.2, 0) is 11.3 Å². The van der Waals surface area contributed by atoms with Gasteiger partial charge in [0.15, 0.2) is 11.5 Å². The van der Waals surface area contributed by atoms with Crippen molar-refractivity contribution in [3.05, 3.63) is 17.7 Å². The summed E-state index contributed by atoms with van der Waals surface area (Å²) in [5.41, 5.74) is 0.916.